The molecule has 0 saturated heterocycles. The molecule has 7 heteroatoms. The lowest BCUT2D eigenvalue weighted by atomic mass is 10.1. The molecule has 3 rings (SSSR count). The lowest BCUT2D eigenvalue weighted by Crippen LogP contribution is -2.36. The minimum absolute atomic E-state index is 0.169. The molecule has 2 heterocycles. The lowest BCUT2D eigenvalue weighted by Gasteiger charge is -2.27. The van der Waals surface area contributed by atoms with Gasteiger partial charge in [0.15, 0.2) is 0 Å². The van der Waals surface area contributed by atoms with Gasteiger partial charge in [0.2, 0.25) is 16.0 Å². The first-order valence-corrected chi connectivity index (χ1v) is 7.67. The molecule has 1 aromatic carbocycles. The molecule has 1 aromatic heterocycles. The Kier molecular flexibility index (Phi) is 3.15. The number of benzene rings is 1. The third-order valence-electron chi connectivity index (χ3n) is 3.31. The minimum atomic E-state index is -3.49. The van der Waals surface area contributed by atoms with Gasteiger partial charge in [0.05, 0.1) is 17.1 Å². The molecule has 0 bridgehead atoms. The Hall–Kier alpha value is -1.99. The molecule has 0 radical (unpaired) electrons. The molecule has 0 atom stereocenters. The van der Waals surface area contributed by atoms with Crippen molar-refractivity contribution in [2.24, 2.45) is 0 Å². The van der Waals surface area contributed by atoms with Gasteiger partial charge in [-0.25, -0.2) is 18.4 Å². The molecule has 20 heavy (non-hydrogen) atoms. The van der Waals surface area contributed by atoms with Gasteiger partial charge in [-0.15, -0.1) is 0 Å². The van der Waals surface area contributed by atoms with Crippen molar-refractivity contribution in [1.82, 2.24) is 14.3 Å². The van der Waals surface area contributed by atoms with Crippen molar-refractivity contribution < 1.29 is 8.42 Å². The summed E-state index contributed by atoms with van der Waals surface area (Å²) in [5.74, 6) is 0.169. The molecule has 0 aliphatic carbocycles. The van der Waals surface area contributed by atoms with Gasteiger partial charge >= 0.3 is 0 Å². The Morgan fingerprint density at radius 1 is 1.20 bits per heavy atom. The number of aromatic nitrogens is 2. The van der Waals surface area contributed by atoms with Crippen molar-refractivity contribution in [1.29, 1.82) is 0 Å². The average molecular weight is 290 g/mol. The molecule has 0 saturated carbocycles. The lowest BCUT2D eigenvalue weighted by molar-refractivity contribution is 0.385. The minimum Gasteiger partial charge on any atom is -0.368 e. The molecule has 2 aromatic rings. The molecular weight excluding hydrogens is 276 g/mol. The van der Waals surface area contributed by atoms with Crippen molar-refractivity contribution >= 4 is 16.0 Å². The van der Waals surface area contributed by atoms with Gasteiger partial charge in [-0.3, -0.25) is 0 Å². The van der Waals surface area contributed by atoms with E-state index >= 15 is 0 Å². The maximum Gasteiger partial charge on any atom is 0.243 e. The maximum atomic E-state index is 12.5. The van der Waals surface area contributed by atoms with Crippen LogP contribution in [0.2, 0.25) is 0 Å². The van der Waals surface area contributed by atoms with E-state index in [2.05, 4.69) is 9.97 Å². The Balaban J connectivity index is 1.94. The Labute approximate surface area is 117 Å². The summed E-state index contributed by atoms with van der Waals surface area (Å²) in [6, 6.07) is 8.41. The summed E-state index contributed by atoms with van der Waals surface area (Å²) in [7, 11) is -3.49. The summed E-state index contributed by atoms with van der Waals surface area (Å²) >= 11 is 0. The van der Waals surface area contributed by atoms with Crippen LogP contribution in [0.5, 0.6) is 0 Å². The highest BCUT2D eigenvalue weighted by atomic mass is 32.2. The number of sulfonamides is 1. The van der Waals surface area contributed by atoms with E-state index in [0.29, 0.717) is 23.6 Å². The van der Waals surface area contributed by atoms with E-state index in [1.807, 2.05) is 0 Å². The van der Waals surface area contributed by atoms with Crippen LogP contribution < -0.4 is 5.73 Å². The number of rotatable bonds is 2. The summed E-state index contributed by atoms with van der Waals surface area (Å²) in [6.45, 7) is 0.663. The van der Waals surface area contributed by atoms with Crippen LogP contribution >= 0.6 is 0 Å². The number of anilines is 1. The van der Waals surface area contributed by atoms with Crippen molar-refractivity contribution in [3.63, 3.8) is 0 Å². The monoisotopic (exact) mass is 290 g/mol. The summed E-state index contributed by atoms with van der Waals surface area (Å²) in [6.07, 6.45) is 2.27. The smallest absolute Gasteiger partial charge is 0.243 e. The number of nitrogen functional groups attached to an aromatic ring is 1. The maximum absolute atomic E-state index is 12.5. The molecule has 0 unspecified atom stereocenters. The van der Waals surface area contributed by atoms with Crippen LogP contribution in [0.15, 0.2) is 41.4 Å². The highest BCUT2D eigenvalue weighted by Gasteiger charge is 2.29. The van der Waals surface area contributed by atoms with Gasteiger partial charge in [-0.05, 0) is 24.1 Å². The van der Waals surface area contributed by atoms with Crippen LogP contribution in [0.3, 0.4) is 0 Å². The number of fused-ring (bicyclic) bond motifs is 1. The Morgan fingerprint density at radius 2 is 1.95 bits per heavy atom. The van der Waals surface area contributed by atoms with Crippen molar-refractivity contribution in [3.05, 3.63) is 47.8 Å². The number of hydrogen-bond acceptors (Lipinski definition) is 5. The van der Waals surface area contributed by atoms with Crippen LogP contribution in [0.25, 0.3) is 0 Å². The Morgan fingerprint density at radius 3 is 2.70 bits per heavy atom. The number of nitrogens with two attached hydrogens (primary N) is 1. The van der Waals surface area contributed by atoms with E-state index in [0.717, 1.165) is 5.56 Å². The van der Waals surface area contributed by atoms with Crippen molar-refractivity contribution in [2.75, 3.05) is 12.3 Å². The zero-order chi connectivity index (χ0) is 14.2. The molecule has 2 N–H and O–H groups in total. The second kappa shape index (κ2) is 4.84. The largest absolute Gasteiger partial charge is 0.368 e. The summed E-state index contributed by atoms with van der Waals surface area (Å²) in [5, 5.41) is 0. The van der Waals surface area contributed by atoms with Gasteiger partial charge in [0.25, 0.3) is 0 Å². The average Bonchev–Trinajstić information content (AvgIpc) is 2.47. The molecule has 1 aliphatic rings. The van der Waals surface area contributed by atoms with Gasteiger partial charge in [0, 0.05) is 12.7 Å². The van der Waals surface area contributed by atoms with Gasteiger partial charge < -0.3 is 5.73 Å². The van der Waals surface area contributed by atoms with E-state index in [-0.39, 0.29) is 12.5 Å². The predicted octanol–water partition coefficient (Wildman–Crippen LogP) is 0.806. The summed E-state index contributed by atoms with van der Waals surface area (Å²) < 4.78 is 26.5. The zero-order valence-electron chi connectivity index (χ0n) is 10.7. The standard InChI is InChI=1S/C13H14N4O2S/c14-13-15-8-10-6-7-17(9-12(10)16-13)20(18,19)11-4-2-1-3-5-11/h1-5,8H,6-7,9H2,(H2,14,15,16). The topological polar surface area (TPSA) is 89.2 Å². The fourth-order valence-corrected chi connectivity index (χ4v) is 3.66. The molecular formula is C13H14N4O2S. The molecule has 0 spiro atoms. The van der Waals surface area contributed by atoms with Crippen LogP contribution in [0, 0.1) is 0 Å². The second-order valence-electron chi connectivity index (χ2n) is 4.60. The Bertz CT molecular complexity index is 731. The van der Waals surface area contributed by atoms with Gasteiger partial charge in [-0.1, -0.05) is 18.2 Å². The molecule has 6 nitrogen and oxygen atoms in total. The summed E-state index contributed by atoms with van der Waals surface area (Å²) in [5.41, 5.74) is 7.20. The highest BCUT2D eigenvalue weighted by molar-refractivity contribution is 7.89. The first-order chi connectivity index (χ1) is 9.57. The van der Waals surface area contributed by atoms with E-state index in [9.17, 15) is 8.42 Å². The quantitative estimate of drug-likeness (QED) is 0.884. The predicted molar refractivity (Wildman–Crippen MR) is 74.2 cm³/mol. The molecule has 0 fully saturated rings. The SMILES string of the molecule is Nc1ncc2c(n1)CN(S(=O)(=O)c1ccccc1)CC2. The fourth-order valence-electron chi connectivity index (χ4n) is 2.24. The third-order valence-corrected chi connectivity index (χ3v) is 5.17. The first-order valence-electron chi connectivity index (χ1n) is 6.23. The molecule has 1 aliphatic heterocycles. The number of hydrogen-bond donors (Lipinski definition) is 1. The van der Waals surface area contributed by atoms with E-state index in [1.54, 1.807) is 36.5 Å². The van der Waals surface area contributed by atoms with Crippen LogP contribution in [-0.2, 0) is 23.0 Å². The summed E-state index contributed by atoms with van der Waals surface area (Å²) in [4.78, 5) is 8.36. The van der Waals surface area contributed by atoms with Crippen molar-refractivity contribution in [2.45, 2.75) is 17.9 Å². The molecule has 0 amide bonds. The fraction of sp³-hybridized carbons (Fsp3) is 0.231. The van der Waals surface area contributed by atoms with E-state index < -0.39 is 10.0 Å². The highest BCUT2D eigenvalue weighted by Crippen LogP contribution is 2.23. The zero-order valence-corrected chi connectivity index (χ0v) is 11.5. The van der Waals surface area contributed by atoms with Crippen LogP contribution in [0.1, 0.15) is 11.3 Å². The normalized spacial score (nSPS) is 15.8. The van der Waals surface area contributed by atoms with E-state index in [4.69, 9.17) is 5.73 Å². The molecule has 104 valence electrons. The first kappa shape index (κ1) is 13.0. The van der Waals surface area contributed by atoms with Crippen LogP contribution in [-0.4, -0.2) is 29.2 Å². The van der Waals surface area contributed by atoms with Gasteiger partial charge in [0.1, 0.15) is 0 Å². The van der Waals surface area contributed by atoms with E-state index in [1.165, 1.54) is 4.31 Å². The van der Waals surface area contributed by atoms with Crippen LogP contribution in [0.4, 0.5) is 5.95 Å². The number of nitrogens with zero attached hydrogens (tertiary/aromatic N) is 3. The van der Waals surface area contributed by atoms with Gasteiger partial charge in [-0.2, -0.15) is 4.31 Å². The second-order valence-corrected chi connectivity index (χ2v) is 6.54. The third kappa shape index (κ3) is 2.25. The van der Waals surface area contributed by atoms with Crippen molar-refractivity contribution in [3.8, 4) is 0 Å².